The normalized spacial score (nSPS) is 12.3. The van der Waals surface area contributed by atoms with Gasteiger partial charge in [-0.05, 0) is 36.4 Å². The maximum atomic E-state index is 12.8. The quantitative estimate of drug-likeness (QED) is 0.642. The molecule has 5 nitrogen and oxygen atoms in total. The van der Waals surface area contributed by atoms with Gasteiger partial charge in [0.2, 0.25) is 10.0 Å². The largest absolute Gasteiger partial charge is 0.416 e. The van der Waals surface area contributed by atoms with Crippen LogP contribution in [0.5, 0.6) is 0 Å². The average molecular weight is 430 g/mol. The van der Waals surface area contributed by atoms with E-state index in [9.17, 15) is 21.6 Å². The third-order valence-electron chi connectivity index (χ3n) is 3.89. The minimum atomic E-state index is -4.67. The molecule has 0 atom stereocenters. The van der Waals surface area contributed by atoms with Gasteiger partial charge in [0.05, 0.1) is 22.0 Å². The molecule has 1 N–H and O–H groups in total. The lowest BCUT2D eigenvalue weighted by molar-refractivity contribution is -0.137. The Hall–Kier alpha value is -2.36. The van der Waals surface area contributed by atoms with Crippen LogP contribution in [0.4, 0.5) is 13.2 Å². The molecular weight excluding hydrogens is 415 g/mol. The standard InChI is InChI=1S/C18H15ClF3N3O2S/c19-16-7-6-13(18(20,21)22)12-17(16)28(26,27)23-10-8-14-9-11-25(24-14)15-4-2-1-3-5-15/h1-7,9,11-12,23H,8,10H2. The maximum Gasteiger partial charge on any atom is 0.416 e. The number of aromatic nitrogens is 2. The summed E-state index contributed by atoms with van der Waals surface area (Å²) in [5.41, 5.74) is 0.394. The number of hydrogen-bond donors (Lipinski definition) is 1. The summed E-state index contributed by atoms with van der Waals surface area (Å²) in [6, 6.07) is 13.3. The molecule has 1 heterocycles. The molecule has 148 valence electrons. The summed E-state index contributed by atoms with van der Waals surface area (Å²) in [6.45, 7) is -0.0410. The molecule has 0 fully saturated rings. The summed E-state index contributed by atoms with van der Waals surface area (Å²) in [4.78, 5) is -0.612. The number of halogens is 4. The highest BCUT2D eigenvalue weighted by atomic mass is 35.5. The Bertz CT molecular complexity index is 1070. The molecule has 0 aliphatic rings. The lowest BCUT2D eigenvalue weighted by atomic mass is 10.2. The third kappa shape index (κ3) is 4.73. The van der Waals surface area contributed by atoms with Gasteiger partial charge in [-0.3, -0.25) is 0 Å². The van der Waals surface area contributed by atoms with Gasteiger partial charge in [-0.15, -0.1) is 0 Å². The van der Waals surface area contributed by atoms with Crippen LogP contribution in [0.3, 0.4) is 0 Å². The molecule has 0 amide bonds. The molecule has 3 rings (SSSR count). The second kappa shape index (κ2) is 7.94. The lowest BCUT2D eigenvalue weighted by Crippen LogP contribution is -2.26. The summed E-state index contributed by atoms with van der Waals surface area (Å²) in [7, 11) is -4.21. The zero-order chi connectivity index (χ0) is 20.4. The van der Waals surface area contributed by atoms with Crippen LogP contribution in [0.25, 0.3) is 5.69 Å². The van der Waals surface area contributed by atoms with Gasteiger partial charge in [-0.1, -0.05) is 29.8 Å². The summed E-state index contributed by atoms with van der Waals surface area (Å²) in [5, 5.41) is 4.06. The van der Waals surface area contributed by atoms with Gasteiger partial charge in [0.15, 0.2) is 0 Å². The predicted molar refractivity (Wildman–Crippen MR) is 98.9 cm³/mol. The molecule has 0 aliphatic heterocycles. The predicted octanol–water partition coefficient (Wildman–Crippen LogP) is 4.07. The van der Waals surface area contributed by atoms with Crippen molar-refractivity contribution >= 4 is 21.6 Å². The van der Waals surface area contributed by atoms with Crippen LogP contribution < -0.4 is 4.72 Å². The van der Waals surface area contributed by atoms with Crippen molar-refractivity contribution in [3.63, 3.8) is 0 Å². The van der Waals surface area contributed by atoms with E-state index in [-0.39, 0.29) is 18.0 Å². The van der Waals surface area contributed by atoms with E-state index in [1.165, 1.54) is 0 Å². The molecule has 0 saturated heterocycles. The van der Waals surface area contributed by atoms with Crippen molar-refractivity contribution in [3.8, 4) is 5.69 Å². The van der Waals surface area contributed by atoms with Crippen molar-refractivity contribution in [1.29, 1.82) is 0 Å². The van der Waals surface area contributed by atoms with E-state index in [4.69, 9.17) is 11.6 Å². The summed E-state index contributed by atoms with van der Waals surface area (Å²) in [6.07, 6.45) is -2.67. The summed E-state index contributed by atoms with van der Waals surface area (Å²) in [5.74, 6) is 0. The number of sulfonamides is 1. The number of alkyl halides is 3. The minimum Gasteiger partial charge on any atom is -0.241 e. The maximum absolute atomic E-state index is 12.8. The van der Waals surface area contributed by atoms with Crippen molar-refractivity contribution < 1.29 is 21.6 Å². The monoisotopic (exact) mass is 429 g/mol. The molecule has 0 unspecified atom stereocenters. The third-order valence-corrected chi connectivity index (χ3v) is 5.83. The lowest BCUT2D eigenvalue weighted by Gasteiger charge is -2.11. The van der Waals surface area contributed by atoms with E-state index in [2.05, 4.69) is 9.82 Å². The zero-order valence-corrected chi connectivity index (χ0v) is 15.9. The molecule has 0 radical (unpaired) electrons. The van der Waals surface area contributed by atoms with Crippen molar-refractivity contribution in [2.24, 2.45) is 0 Å². The fraction of sp³-hybridized carbons (Fsp3) is 0.167. The first-order chi connectivity index (χ1) is 13.2. The Morgan fingerprint density at radius 2 is 1.79 bits per heavy atom. The summed E-state index contributed by atoms with van der Waals surface area (Å²) >= 11 is 5.80. The molecule has 10 heteroatoms. The van der Waals surface area contributed by atoms with Crippen LogP contribution in [-0.4, -0.2) is 24.7 Å². The molecule has 2 aromatic carbocycles. The smallest absolute Gasteiger partial charge is 0.241 e. The molecule has 0 saturated carbocycles. The van der Waals surface area contributed by atoms with Crippen molar-refractivity contribution in [2.45, 2.75) is 17.5 Å². The molecular formula is C18H15ClF3N3O2S. The molecule has 0 aliphatic carbocycles. The highest BCUT2D eigenvalue weighted by Crippen LogP contribution is 2.33. The van der Waals surface area contributed by atoms with Crippen molar-refractivity contribution in [2.75, 3.05) is 6.54 Å². The zero-order valence-electron chi connectivity index (χ0n) is 14.3. The minimum absolute atomic E-state index is 0.0410. The van der Waals surface area contributed by atoms with Gasteiger partial charge in [0.25, 0.3) is 0 Å². The second-order valence-electron chi connectivity index (χ2n) is 5.88. The van der Waals surface area contributed by atoms with Gasteiger partial charge in [0.1, 0.15) is 4.90 Å². The van der Waals surface area contributed by atoms with Gasteiger partial charge in [0, 0.05) is 19.2 Å². The van der Waals surface area contributed by atoms with Crippen LogP contribution in [0.15, 0.2) is 65.7 Å². The number of nitrogens with zero attached hydrogens (tertiary/aromatic N) is 2. The Morgan fingerprint density at radius 3 is 2.46 bits per heavy atom. The van der Waals surface area contributed by atoms with Crippen LogP contribution in [0.1, 0.15) is 11.3 Å². The number of para-hydroxylation sites is 1. The van der Waals surface area contributed by atoms with E-state index in [1.807, 2.05) is 30.3 Å². The van der Waals surface area contributed by atoms with E-state index in [0.717, 1.165) is 17.8 Å². The van der Waals surface area contributed by atoms with Crippen molar-refractivity contribution in [1.82, 2.24) is 14.5 Å². The number of hydrogen-bond acceptors (Lipinski definition) is 3. The van der Waals surface area contributed by atoms with Gasteiger partial charge < -0.3 is 0 Å². The first kappa shape index (κ1) is 20.4. The number of nitrogens with one attached hydrogen (secondary N) is 1. The fourth-order valence-electron chi connectivity index (χ4n) is 2.50. The van der Waals surface area contributed by atoms with Crippen LogP contribution in [0.2, 0.25) is 5.02 Å². The number of rotatable bonds is 6. The van der Waals surface area contributed by atoms with E-state index >= 15 is 0 Å². The Labute approximate surface area is 164 Å². The molecule has 0 spiro atoms. The number of benzene rings is 2. The Morgan fingerprint density at radius 1 is 1.07 bits per heavy atom. The van der Waals surface area contributed by atoms with E-state index in [1.54, 1.807) is 16.9 Å². The van der Waals surface area contributed by atoms with Gasteiger partial charge in [-0.25, -0.2) is 17.8 Å². The van der Waals surface area contributed by atoms with E-state index in [0.29, 0.717) is 11.8 Å². The van der Waals surface area contributed by atoms with Crippen LogP contribution in [0, 0.1) is 0 Å². The highest BCUT2D eigenvalue weighted by Gasteiger charge is 2.32. The van der Waals surface area contributed by atoms with E-state index < -0.39 is 26.7 Å². The van der Waals surface area contributed by atoms with Crippen LogP contribution in [-0.2, 0) is 22.6 Å². The first-order valence-electron chi connectivity index (χ1n) is 8.13. The SMILES string of the molecule is O=S(=O)(NCCc1ccn(-c2ccccc2)n1)c1cc(C(F)(F)F)ccc1Cl. The van der Waals surface area contributed by atoms with Crippen LogP contribution >= 0.6 is 11.6 Å². The Kier molecular flexibility index (Phi) is 5.78. The second-order valence-corrected chi connectivity index (χ2v) is 8.02. The summed E-state index contributed by atoms with van der Waals surface area (Å²) < 4.78 is 67.1. The topological polar surface area (TPSA) is 64.0 Å². The Balaban J connectivity index is 1.69. The van der Waals surface area contributed by atoms with Gasteiger partial charge >= 0.3 is 6.18 Å². The average Bonchev–Trinajstić information content (AvgIpc) is 3.10. The molecule has 28 heavy (non-hydrogen) atoms. The molecule has 3 aromatic rings. The van der Waals surface area contributed by atoms with Crippen molar-refractivity contribution in [3.05, 3.63) is 77.1 Å². The highest BCUT2D eigenvalue weighted by molar-refractivity contribution is 7.89. The molecule has 1 aromatic heterocycles. The molecule has 0 bridgehead atoms. The van der Waals surface area contributed by atoms with Gasteiger partial charge in [-0.2, -0.15) is 18.3 Å². The first-order valence-corrected chi connectivity index (χ1v) is 9.99. The fourth-order valence-corrected chi connectivity index (χ4v) is 4.05.